The van der Waals surface area contributed by atoms with Gasteiger partial charge in [-0.1, -0.05) is 19.9 Å². The molecule has 0 aromatic heterocycles. The zero-order valence-corrected chi connectivity index (χ0v) is 19.1. The first-order valence-corrected chi connectivity index (χ1v) is 12.8. The molecule has 1 aromatic carbocycles. The molecule has 31 heavy (non-hydrogen) atoms. The van der Waals surface area contributed by atoms with Crippen LogP contribution in [-0.2, 0) is 11.8 Å². The molecule has 2 aliphatic heterocycles. The fourth-order valence-corrected chi connectivity index (χ4v) is 7.85. The molecule has 2 N–H and O–H groups in total. The number of ether oxygens (including phenoxy) is 1. The van der Waals surface area contributed by atoms with E-state index in [9.17, 15) is 10.2 Å². The van der Waals surface area contributed by atoms with E-state index in [0.717, 1.165) is 76.2 Å². The number of hydrogen-bond acceptors (Lipinski definition) is 5. The Morgan fingerprint density at radius 2 is 1.90 bits per heavy atom. The normalized spacial score (nSPS) is 38.3. The topological polar surface area (TPSA) is 56.2 Å². The van der Waals surface area contributed by atoms with Crippen molar-refractivity contribution in [3.05, 3.63) is 23.3 Å². The van der Waals surface area contributed by atoms with Crippen LogP contribution in [-0.4, -0.2) is 70.0 Å². The Hall–Kier alpha value is -1.30. The van der Waals surface area contributed by atoms with Crippen molar-refractivity contribution in [2.45, 2.75) is 94.4 Å². The lowest BCUT2D eigenvalue weighted by Crippen LogP contribution is -2.78. The summed E-state index contributed by atoms with van der Waals surface area (Å²) in [5, 5.41) is 23.3. The van der Waals surface area contributed by atoms with E-state index >= 15 is 0 Å². The van der Waals surface area contributed by atoms with Crippen LogP contribution in [0.5, 0.6) is 11.5 Å². The van der Waals surface area contributed by atoms with E-state index < -0.39 is 5.60 Å². The van der Waals surface area contributed by atoms with Gasteiger partial charge in [-0.3, -0.25) is 9.80 Å². The molecule has 2 heterocycles. The minimum absolute atomic E-state index is 0.0720. The van der Waals surface area contributed by atoms with Crippen molar-refractivity contribution in [3.8, 4) is 11.5 Å². The summed E-state index contributed by atoms with van der Waals surface area (Å²) >= 11 is 0. The highest BCUT2D eigenvalue weighted by Gasteiger charge is 2.73. The molecule has 5 heteroatoms. The molecule has 170 valence electrons. The Balaban J connectivity index is 1.47. The molecule has 0 radical (unpaired) electrons. The largest absolute Gasteiger partial charge is 0.504 e. The predicted octanol–water partition coefficient (Wildman–Crippen LogP) is 3.45. The molecule has 6 rings (SSSR count). The lowest BCUT2D eigenvalue weighted by molar-refractivity contribution is -0.200. The van der Waals surface area contributed by atoms with Gasteiger partial charge in [0, 0.05) is 24.2 Å². The summed E-state index contributed by atoms with van der Waals surface area (Å²) < 4.78 is 6.72. The zero-order chi connectivity index (χ0) is 21.4. The van der Waals surface area contributed by atoms with Crippen LogP contribution in [0.1, 0.15) is 69.9 Å². The van der Waals surface area contributed by atoms with E-state index in [2.05, 4.69) is 29.7 Å². The Morgan fingerprint density at radius 3 is 2.61 bits per heavy atom. The van der Waals surface area contributed by atoms with Crippen molar-refractivity contribution in [1.29, 1.82) is 0 Å². The molecule has 1 unspecified atom stereocenters. The number of likely N-dealkylation sites (tertiary alicyclic amines) is 1. The first-order valence-electron chi connectivity index (χ1n) is 12.8. The summed E-state index contributed by atoms with van der Waals surface area (Å²) in [6, 6.07) is 4.39. The Bertz CT molecular complexity index is 864. The number of nitrogens with zero attached hydrogens (tertiary/aromatic N) is 2. The number of hydrogen-bond donors (Lipinski definition) is 2. The molecule has 5 aliphatic rings. The van der Waals surface area contributed by atoms with Crippen LogP contribution < -0.4 is 4.74 Å². The first kappa shape index (κ1) is 20.3. The van der Waals surface area contributed by atoms with Gasteiger partial charge in [-0.15, -0.1) is 0 Å². The van der Waals surface area contributed by atoms with Crippen molar-refractivity contribution in [2.24, 2.45) is 5.92 Å². The number of phenolic OH excluding ortho intramolecular Hbond substituents is 1. The summed E-state index contributed by atoms with van der Waals surface area (Å²) in [7, 11) is 0. The fourth-order valence-electron chi connectivity index (χ4n) is 7.85. The standard InChI is InChI=1S/C26H38N2O3/c1-3-12-27(13-4-2)19-9-10-26(30)21-15-18-7-8-20(29)23-22(18)25(26,24(19)31-23)11-14-28(21)16-17-5-6-17/h7-8,17,19,21,24,29-30H,3-6,9-16H2,1-2H3/t19-,21?,24+,25+,26-/m0/s1. The highest BCUT2D eigenvalue weighted by Crippen LogP contribution is 2.66. The third-order valence-corrected chi connectivity index (χ3v) is 9.22. The van der Waals surface area contributed by atoms with Crippen molar-refractivity contribution >= 4 is 0 Å². The van der Waals surface area contributed by atoms with E-state index in [-0.39, 0.29) is 23.3 Å². The molecule has 0 amide bonds. The van der Waals surface area contributed by atoms with E-state index in [4.69, 9.17) is 4.74 Å². The number of piperidine rings is 1. The Kier molecular flexibility index (Phi) is 4.65. The van der Waals surface area contributed by atoms with Gasteiger partial charge < -0.3 is 14.9 Å². The maximum absolute atomic E-state index is 12.5. The number of aromatic hydroxyl groups is 1. The summed E-state index contributed by atoms with van der Waals surface area (Å²) in [5.41, 5.74) is 1.29. The molecular formula is C26H38N2O3. The lowest BCUT2D eigenvalue weighted by Gasteiger charge is -2.65. The summed E-state index contributed by atoms with van der Waals surface area (Å²) in [6.45, 7) is 8.81. The van der Waals surface area contributed by atoms with Crippen LogP contribution in [0, 0.1) is 5.92 Å². The number of phenols is 1. The van der Waals surface area contributed by atoms with E-state index in [1.54, 1.807) is 0 Å². The second kappa shape index (κ2) is 7.10. The van der Waals surface area contributed by atoms with Crippen LogP contribution in [0.4, 0.5) is 0 Å². The Morgan fingerprint density at radius 1 is 1.13 bits per heavy atom. The monoisotopic (exact) mass is 426 g/mol. The highest BCUT2D eigenvalue weighted by molar-refractivity contribution is 5.62. The minimum atomic E-state index is -0.766. The average molecular weight is 427 g/mol. The first-order chi connectivity index (χ1) is 15.0. The second-order valence-electron chi connectivity index (χ2n) is 10.9. The molecule has 5 atom stereocenters. The van der Waals surface area contributed by atoms with Crippen LogP contribution in [0.15, 0.2) is 12.1 Å². The molecule has 1 spiro atoms. The van der Waals surface area contributed by atoms with Crippen LogP contribution in [0.3, 0.4) is 0 Å². The van der Waals surface area contributed by atoms with Crippen LogP contribution in [0.2, 0.25) is 0 Å². The van der Waals surface area contributed by atoms with Crippen LogP contribution >= 0.6 is 0 Å². The van der Waals surface area contributed by atoms with Crippen LogP contribution in [0.25, 0.3) is 0 Å². The van der Waals surface area contributed by atoms with Crippen molar-refractivity contribution < 1.29 is 14.9 Å². The smallest absolute Gasteiger partial charge is 0.165 e. The quantitative estimate of drug-likeness (QED) is 0.700. The summed E-state index contributed by atoms with van der Waals surface area (Å²) in [5.74, 6) is 1.75. The number of aliphatic hydroxyl groups is 1. The van der Waals surface area contributed by atoms with E-state index in [1.165, 1.54) is 18.4 Å². The van der Waals surface area contributed by atoms with Crippen molar-refractivity contribution in [1.82, 2.24) is 9.80 Å². The molecule has 1 saturated heterocycles. The summed E-state index contributed by atoms with van der Waals surface area (Å²) in [4.78, 5) is 5.23. The molecule has 5 nitrogen and oxygen atoms in total. The molecule has 3 fully saturated rings. The van der Waals surface area contributed by atoms with Gasteiger partial charge in [-0.25, -0.2) is 0 Å². The van der Waals surface area contributed by atoms with Gasteiger partial charge in [-0.05, 0) is 88.5 Å². The van der Waals surface area contributed by atoms with Gasteiger partial charge in [0.25, 0.3) is 0 Å². The minimum Gasteiger partial charge on any atom is -0.504 e. The molecule has 2 bridgehead atoms. The highest BCUT2D eigenvalue weighted by atomic mass is 16.5. The lowest BCUT2D eigenvalue weighted by atomic mass is 9.48. The predicted molar refractivity (Wildman–Crippen MR) is 121 cm³/mol. The fraction of sp³-hybridized carbons (Fsp3) is 0.769. The third kappa shape index (κ3) is 2.66. The van der Waals surface area contributed by atoms with E-state index in [0.29, 0.717) is 11.8 Å². The van der Waals surface area contributed by atoms with Crippen molar-refractivity contribution in [3.63, 3.8) is 0 Å². The maximum Gasteiger partial charge on any atom is 0.165 e. The zero-order valence-electron chi connectivity index (χ0n) is 19.1. The number of benzene rings is 1. The van der Waals surface area contributed by atoms with Gasteiger partial charge in [0.15, 0.2) is 11.5 Å². The maximum atomic E-state index is 12.5. The third-order valence-electron chi connectivity index (χ3n) is 9.22. The molecular weight excluding hydrogens is 388 g/mol. The number of rotatable bonds is 7. The van der Waals surface area contributed by atoms with Gasteiger partial charge in [0.1, 0.15) is 6.10 Å². The molecule has 2 saturated carbocycles. The van der Waals surface area contributed by atoms with Gasteiger partial charge in [0.05, 0.1) is 11.0 Å². The SMILES string of the molecule is CCCN(CCC)[C@H]1CC[C@]2(O)C3Cc4ccc(O)c5c4[C@]2(CCN3CC2CC2)[C@@H]1O5. The Labute approximate surface area is 186 Å². The van der Waals surface area contributed by atoms with Gasteiger partial charge in [0.2, 0.25) is 0 Å². The molecule has 1 aromatic rings. The average Bonchev–Trinajstić information content (AvgIpc) is 3.49. The second-order valence-corrected chi connectivity index (χ2v) is 10.9. The van der Waals surface area contributed by atoms with E-state index in [1.807, 2.05) is 6.07 Å². The summed E-state index contributed by atoms with van der Waals surface area (Å²) in [6.07, 6.45) is 8.49. The van der Waals surface area contributed by atoms with Gasteiger partial charge in [-0.2, -0.15) is 0 Å². The van der Waals surface area contributed by atoms with Crippen molar-refractivity contribution in [2.75, 3.05) is 26.2 Å². The van der Waals surface area contributed by atoms with Gasteiger partial charge >= 0.3 is 0 Å². The molecule has 3 aliphatic carbocycles.